The van der Waals surface area contributed by atoms with E-state index in [1.165, 1.54) is 6.92 Å². The second-order valence-corrected chi connectivity index (χ2v) is 9.24. The number of aliphatic hydroxyl groups excluding tert-OH is 1. The van der Waals surface area contributed by atoms with E-state index in [0.29, 0.717) is 17.8 Å². The lowest BCUT2D eigenvalue weighted by Gasteiger charge is -2.29. The topological polar surface area (TPSA) is 116 Å². The van der Waals surface area contributed by atoms with Crippen molar-refractivity contribution in [3.8, 4) is 0 Å². The molecule has 3 aromatic carbocycles. The van der Waals surface area contributed by atoms with E-state index in [1.54, 1.807) is 34.9 Å². The fourth-order valence-electron chi connectivity index (χ4n) is 4.62. The van der Waals surface area contributed by atoms with E-state index in [1.807, 2.05) is 54.7 Å². The van der Waals surface area contributed by atoms with E-state index in [-0.39, 0.29) is 30.8 Å². The Labute approximate surface area is 220 Å². The number of nitrogens with zero attached hydrogens (tertiary/aromatic N) is 1. The number of anilines is 2. The number of fused-ring (bicyclic) bond motifs is 1. The van der Waals surface area contributed by atoms with Crippen LogP contribution in [0.3, 0.4) is 0 Å². The number of aromatic nitrogens is 1. The van der Waals surface area contributed by atoms with Crippen molar-refractivity contribution in [1.82, 2.24) is 4.57 Å². The van der Waals surface area contributed by atoms with Crippen molar-refractivity contribution in [2.75, 3.05) is 11.1 Å². The van der Waals surface area contributed by atoms with Crippen LogP contribution in [0.4, 0.5) is 11.4 Å². The average Bonchev–Trinajstić information content (AvgIpc) is 3.33. The summed E-state index contributed by atoms with van der Waals surface area (Å²) >= 11 is 0. The molecule has 38 heavy (non-hydrogen) atoms. The van der Waals surface area contributed by atoms with Gasteiger partial charge in [-0.2, -0.15) is 0 Å². The normalized spacial score (nSPS) is 17.1. The smallest absolute Gasteiger partial charge is 0.290 e. The van der Waals surface area contributed by atoms with Crippen molar-refractivity contribution in [1.29, 1.82) is 0 Å². The second-order valence-electron chi connectivity index (χ2n) is 9.24. The summed E-state index contributed by atoms with van der Waals surface area (Å²) in [5.41, 5.74) is 10.4. The second kappa shape index (κ2) is 10.9. The monoisotopic (exact) mass is 511 g/mol. The van der Waals surface area contributed by atoms with Gasteiger partial charge in [0.15, 0.2) is 5.76 Å². The zero-order valence-electron chi connectivity index (χ0n) is 21.0. The standard InChI is InChI=1S/C30H29N3O5/c1-19(35)33-16-24(23-6-2-5-9-27(23)33)22-14-28(30(36)32-26-8-4-3-7-25(26)31)38-29(15-22)37-18-21-12-10-20(17-34)11-13-21/h2-14,16,22,29,34H,15,17-18,31H2,1H3,(H,32,36)/t22-,29+/m1/s1. The van der Waals surface area contributed by atoms with E-state index in [0.717, 1.165) is 27.6 Å². The molecule has 0 radical (unpaired) electrons. The van der Waals surface area contributed by atoms with Crippen LogP contribution >= 0.6 is 0 Å². The average molecular weight is 512 g/mol. The first-order valence-electron chi connectivity index (χ1n) is 12.4. The molecule has 0 saturated carbocycles. The number of rotatable bonds is 7. The van der Waals surface area contributed by atoms with Crippen LogP contribution < -0.4 is 11.1 Å². The summed E-state index contributed by atoms with van der Waals surface area (Å²) in [6.07, 6.45) is 3.34. The van der Waals surface area contributed by atoms with Crippen molar-refractivity contribution in [2.24, 2.45) is 0 Å². The molecule has 0 saturated heterocycles. The van der Waals surface area contributed by atoms with Crippen LogP contribution in [0.5, 0.6) is 0 Å². The van der Waals surface area contributed by atoms with Gasteiger partial charge in [-0.1, -0.05) is 54.6 Å². The third-order valence-electron chi connectivity index (χ3n) is 6.61. The summed E-state index contributed by atoms with van der Waals surface area (Å²) in [5, 5.41) is 13.0. The number of hydrogen-bond acceptors (Lipinski definition) is 6. The summed E-state index contributed by atoms with van der Waals surface area (Å²) in [6, 6.07) is 22.1. The van der Waals surface area contributed by atoms with Gasteiger partial charge in [-0.25, -0.2) is 0 Å². The number of hydrogen-bond donors (Lipinski definition) is 3. The Bertz CT molecular complexity index is 1510. The van der Waals surface area contributed by atoms with Gasteiger partial charge in [-0.05, 0) is 41.0 Å². The molecular formula is C30H29N3O5. The van der Waals surface area contributed by atoms with Gasteiger partial charge in [0.2, 0.25) is 12.2 Å². The molecule has 0 spiro atoms. The number of nitrogens with two attached hydrogens (primary N) is 1. The molecule has 2 heterocycles. The molecule has 1 aliphatic rings. The van der Waals surface area contributed by atoms with E-state index >= 15 is 0 Å². The maximum Gasteiger partial charge on any atom is 0.290 e. The Balaban J connectivity index is 1.45. The largest absolute Gasteiger partial charge is 0.459 e. The zero-order chi connectivity index (χ0) is 26.6. The summed E-state index contributed by atoms with van der Waals surface area (Å²) < 4.78 is 13.8. The Kier molecular flexibility index (Phi) is 7.26. The lowest BCUT2D eigenvalue weighted by Crippen LogP contribution is -2.29. The van der Waals surface area contributed by atoms with Crippen molar-refractivity contribution in [3.05, 3.63) is 108 Å². The van der Waals surface area contributed by atoms with Crippen LogP contribution in [0.15, 0.2) is 90.8 Å². The van der Waals surface area contributed by atoms with Crippen molar-refractivity contribution >= 4 is 34.1 Å². The van der Waals surface area contributed by atoms with Crippen molar-refractivity contribution in [3.63, 3.8) is 0 Å². The van der Waals surface area contributed by atoms with Crippen LogP contribution in [0, 0.1) is 0 Å². The number of allylic oxidation sites excluding steroid dienone is 1. The van der Waals surface area contributed by atoms with Gasteiger partial charge < -0.3 is 25.6 Å². The van der Waals surface area contributed by atoms with Gasteiger partial charge in [-0.3, -0.25) is 14.2 Å². The fourth-order valence-corrected chi connectivity index (χ4v) is 4.62. The predicted molar refractivity (Wildman–Crippen MR) is 145 cm³/mol. The summed E-state index contributed by atoms with van der Waals surface area (Å²) in [5.74, 6) is -0.668. The predicted octanol–water partition coefficient (Wildman–Crippen LogP) is 4.95. The van der Waals surface area contributed by atoms with Crippen molar-refractivity contribution in [2.45, 2.75) is 38.8 Å². The van der Waals surface area contributed by atoms with Crippen molar-refractivity contribution < 1.29 is 24.2 Å². The number of carbonyl (C=O) groups excluding carboxylic acids is 2. The molecule has 1 aliphatic heterocycles. The van der Waals surface area contributed by atoms with E-state index in [4.69, 9.17) is 15.2 Å². The molecule has 8 heteroatoms. The first kappa shape index (κ1) is 25.3. The molecule has 0 bridgehead atoms. The maximum atomic E-state index is 13.3. The maximum absolute atomic E-state index is 13.3. The number of benzene rings is 3. The van der Waals surface area contributed by atoms with Gasteiger partial charge in [0.1, 0.15) is 0 Å². The molecule has 0 aliphatic carbocycles. The van der Waals surface area contributed by atoms with Gasteiger partial charge in [-0.15, -0.1) is 0 Å². The van der Waals surface area contributed by atoms with Gasteiger partial charge in [0.25, 0.3) is 5.91 Å². The van der Waals surface area contributed by atoms with Gasteiger partial charge in [0.05, 0.1) is 30.1 Å². The quantitative estimate of drug-likeness (QED) is 0.303. The Morgan fingerprint density at radius 3 is 2.50 bits per heavy atom. The summed E-state index contributed by atoms with van der Waals surface area (Å²) in [6.45, 7) is 1.75. The molecule has 0 unspecified atom stereocenters. The molecule has 5 rings (SSSR count). The van der Waals surface area contributed by atoms with E-state index in [2.05, 4.69) is 5.32 Å². The molecule has 4 N–H and O–H groups in total. The Hall–Kier alpha value is -4.40. The lowest BCUT2D eigenvalue weighted by molar-refractivity contribution is -0.147. The molecule has 194 valence electrons. The third kappa shape index (κ3) is 5.32. The highest BCUT2D eigenvalue weighted by Crippen LogP contribution is 2.37. The van der Waals surface area contributed by atoms with Crippen LogP contribution in [0.2, 0.25) is 0 Å². The highest BCUT2D eigenvalue weighted by atomic mass is 16.7. The minimum Gasteiger partial charge on any atom is -0.459 e. The third-order valence-corrected chi connectivity index (χ3v) is 6.61. The molecule has 2 atom stereocenters. The first-order valence-corrected chi connectivity index (χ1v) is 12.4. The first-order chi connectivity index (χ1) is 18.4. The number of para-hydroxylation sites is 3. The summed E-state index contributed by atoms with van der Waals surface area (Å²) in [7, 11) is 0. The van der Waals surface area contributed by atoms with Crippen LogP contribution in [0.1, 0.15) is 40.7 Å². The highest BCUT2D eigenvalue weighted by Gasteiger charge is 2.31. The molecule has 8 nitrogen and oxygen atoms in total. The Morgan fingerprint density at radius 1 is 1.05 bits per heavy atom. The van der Waals surface area contributed by atoms with Crippen LogP contribution in [-0.2, 0) is 27.5 Å². The van der Waals surface area contributed by atoms with Gasteiger partial charge in [0, 0.05) is 30.8 Å². The van der Waals surface area contributed by atoms with E-state index < -0.39 is 12.2 Å². The fraction of sp³-hybridized carbons (Fsp3) is 0.200. The Morgan fingerprint density at radius 2 is 1.76 bits per heavy atom. The van der Waals surface area contributed by atoms with Crippen LogP contribution in [0.25, 0.3) is 10.9 Å². The number of carbonyl (C=O) groups is 2. The molecule has 0 fully saturated rings. The molecular weight excluding hydrogens is 482 g/mol. The molecule has 1 amide bonds. The van der Waals surface area contributed by atoms with Gasteiger partial charge >= 0.3 is 0 Å². The number of amides is 1. The molecule has 4 aromatic rings. The number of ether oxygens (including phenoxy) is 2. The SMILES string of the molecule is CC(=O)n1cc([C@@H]2C=C(C(=O)Nc3ccccc3N)O[C@H](OCc3ccc(CO)cc3)C2)c2ccccc21. The minimum atomic E-state index is -0.712. The number of aliphatic hydroxyl groups is 1. The van der Waals surface area contributed by atoms with Crippen LogP contribution in [-0.4, -0.2) is 27.8 Å². The zero-order valence-corrected chi connectivity index (χ0v) is 21.0. The minimum absolute atomic E-state index is 0.0301. The van der Waals surface area contributed by atoms with E-state index in [9.17, 15) is 14.7 Å². The molecule has 1 aromatic heterocycles. The number of nitrogens with one attached hydrogen (secondary N) is 1. The number of nitrogen functional groups attached to an aromatic ring is 1. The highest BCUT2D eigenvalue weighted by molar-refractivity contribution is 6.04. The summed E-state index contributed by atoms with van der Waals surface area (Å²) in [4.78, 5) is 25.6. The lowest BCUT2D eigenvalue weighted by atomic mass is 9.92.